The van der Waals surface area contributed by atoms with Gasteiger partial charge < -0.3 is 10.2 Å². The zero-order valence-corrected chi connectivity index (χ0v) is 24.1. The number of nitrogens with one attached hydrogen (secondary N) is 1. The summed E-state index contributed by atoms with van der Waals surface area (Å²) >= 11 is 12.3. The predicted molar refractivity (Wildman–Crippen MR) is 152 cm³/mol. The van der Waals surface area contributed by atoms with Crippen molar-refractivity contribution in [3.05, 3.63) is 94.2 Å². The minimum Gasteiger partial charge on any atom is -0.352 e. The van der Waals surface area contributed by atoms with E-state index in [1.165, 1.54) is 59.5 Å². The number of sulfonamides is 1. The molecule has 3 rings (SSSR count). The van der Waals surface area contributed by atoms with E-state index in [0.29, 0.717) is 12.0 Å². The molecule has 0 unspecified atom stereocenters. The number of hydrogen-bond donors (Lipinski definition) is 1. The van der Waals surface area contributed by atoms with Gasteiger partial charge in [-0.05, 0) is 68.3 Å². The third-order valence-electron chi connectivity index (χ3n) is 6.24. The molecule has 39 heavy (non-hydrogen) atoms. The van der Waals surface area contributed by atoms with Crippen molar-refractivity contribution in [2.45, 2.75) is 50.7 Å². The van der Waals surface area contributed by atoms with E-state index in [-0.39, 0.29) is 33.2 Å². The van der Waals surface area contributed by atoms with E-state index in [1.807, 2.05) is 13.8 Å². The molecule has 7 nitrogen and oxygen atoms in total. The first-order chi connectivity index (χ1) is 18.4. The molecule has 3 aromatic rings. The first-order valence-electron chi connectivity index (χ1n) is 12.3. The van der Waals surface area contributed by atoms with Crippen LogP contribution in [0.25, 0.3) is 0 Å². The van der Waals surface area contributed by atoms with Crippen LogP contribution in [-0.2, 0) is 26.2 Å². The van der Waals surface area contributed by atoms with Crippen molar-refractivity contribution in [3.63, 3.8) is 0 Å². The minimum absolute atomic E-state index is 0.0310. The Morgan fingerprint density at radius 3 is 2.18 bits per heavy atom. The molecule has 2 atom stereocenters. The maximum absolute atomic E-state index is 13.8. The summed E-state index contributed by atoms with van der Waals surface area (Å²) in [6, 6.07) is 16.4. The predicted octanol–water partition coefficient (Wildman–Crippen LogP) is 5.66. The zero-order valence-electron chi connectivity index (χ0n) is 21.8. The van der Waals surface area contributed by atoms with E-state index in [2.05, 4.69) is 5.32 Å². The van der Waals surface area contributed by atoms with Gasteiger partial charge in [-0.15, -0.1) is 0 Å². The van der Waals surface area contributed by atoms with E-state index in [0.717, 1.165) is 4.31 Å². The van der Waals surface area contributed by atoms with Gasteiger partial charge in [-0.25, -0.2) is 12.8 Å². The van der Waals surface area contributed by atoms with Crippen LogP contribution >= 0.6 is 23.2 Å². The fraction of sp³-hybridized carbons (Fsp3) is 0.286. The molecule has 0 saturated heterocycles. The zero-order chi connectivity index (χ0) is 28.7. The molecule has 0 aliphatic heterocycles. The molecule has 0 spiro atoms. The number of nitrogens with zero attached hydrogens (tertiary/aromatic N) is 2. The molecule has 0 aliphatic rings. The highest BCUT2D eigenvalue weighted by molar-refractivity contribution is 7.92. The van der Waals surface area contributed by atoms with Crippen molar-refractivity contribution in [2.75, 3.05) is 10.8 Å². The minimum atomic E-state index is -4.23. The number of carbonyl (C=O) groups is 2. The van der Waals surface area contributed by atoms with E-state index < -0.39 is 40.2 Å². The van der Waals surface area contributed by atoms with Crippen LogP contribution < -0.4 is 9.62 Å². The lowest BCUT2D eigenvalue weighted by Gasteiger charge is -2.32. The second-order valence-corrected chi connectivity index (χ2v) is 11.7. The van der Waals surface area contributed by atoms with Gasteiger partial charge in [-0.1, -0.05) is 60.5 Å². The highest BCUT2D eigenvalue weighted by Gasteiger charge is 2.33. The second kappa shape index (κ2) is 13.3. The Hall–Kier alpha value is -3.14. The van der Waals surface area contributed by atoms with Crippen molar-refractivity contribution in [1.29, 1.82) is 0 Å². The number of amides is 2. The Morgan fingerprint density at radius 2 is 1.59 bits per heavy atom. The van der Waals surface area contributed by atoms with Crippen molar-refractivity contribution in [3.8, 4) is 0 Å². The first kappa shape index (κ1) is 30.4. The van der Waals surface area contributed by atoms with Crippen LogP contribution in [-0.4, -0.2) is 43.8 Å². The molecule has 208 valence electrons. The van der Waals surface area contributed by atoms with E-state index >= 15 is 0 Å². The summed E-state index contributed by atoms with van der Waals surface area (Å²) in [6.07, 6.45) is 0.685. The highest BCUT2D eigenvalue weighted by atomic mass is 35.5. The molecule has 0 aliphatic carbocycles. The number of benzene rings is 3. The van der Waals surface area contributed by atoms with Crippen LogP contribution in [0.1, 0.15) is 32.8 Å². The van der Waals surface area contributed by atoms with Crippen molar-refractivity contribution >= 4 is 50.7 Å². The van der Waals surface area contributed by atoms with Gasteiger partial charge in [-0.2, -0.15) is 0 Å². The van der Waals surface area contributed by atoms with Crippen LogP contribution in [0, 0.1) is 5.82 Å². The molecule has 3 aromatic carbocycles. The largest absolute Gasteiger partial charge is 0.352 e. The lowest BCUT2D eigenvalue weighted by atomic mass is 10.1. The smallest absolute Gasteiger partial charge is 0.264 e. The van der Waals surface area contributed by atoms with Crippen LogP contribution in [0.5, 0.6) is 0 Å². The molecule has 0 saturated carbocycles. The summed E-state index contributed by atoms with van der Waals surface area (Å²) in [6.45, 7) is 4.65. The number of halogens is 3. The lowest BCUT2D eigenvalue weighted by molar-refractivity contribution is -0.139. The summed E-state index contributed by atoms with van der Waals surface area (Å²) < 4.78 is 41.9. The summed E-state index contributed by atoms with van der Waals surface area (Å²) in [4.78, 5) is 28.1. The van der Waals surface area contributed by atoms with Crippen LogP contribution in [0.3, 0.4) is 0 Å². The van der Waals surface area contributed by atoms with Gasteiger partial charge in [0.2, 0.25) is 11.8 Å². The molecule has 0 heterocycles. The summed E-state index contributed by atoms with van der Waals surface area (Å²) in [5, 5.41) is 3.19. The quantitative estimate of drug-likeness (QED) is 0.311. The molecular weight excluding hydrogens is 564 g/mol. The molecule has 2 amide bonds. The number of hydrogen-bond acceptors (Lipinski definition) is 4. The highest BCUT2D eigenvalue weighted by Crippen LogP contribution is 2.31. The van der Waals surface area contributed by atoms with Crippen LogP contribution in [0.4, 0.5) is 10.1 Å². The second-order valence-electron chi connectivity index (χ2n) is 9.07. The molecule has 0 fully saturated rings. The molecule has 0 aromatic heterocycles. The third-order valence-corrected chi connectivity index (χ3v) is 8.76. The fourth-order valence-electron chi connectivity index (χ4n) is 3.72. The van der Waals surface area contributed by atoms with E-state index in [4.69, 9.17) is 23.2 Å². The van der Waals surface area contributed by atoms with Crippen LogP contribution in [0.15, 0.2) is 77.7 Å². The number of anilines is 1. The van der Waals surface area contributed by atoms with E-state index in [1.54, 1.807) is 25.1 Å². The molecular formula is C28H30Cl2FN3O4S. The Morgan fingerprint density at radius 1 is 0.949 bits per heavy atom. The van der Waals surface area contributed by atoms with Crippen LogP contribution in [0.2, 0.25) is 10.0 Å². The maximum Gasteiger partial charge on any atom is 0.264 e. The Balaban J connectivity index is 2.03. The van der Waals surface area contributed by atoms with Crippen molar-refractivity contribution in [1.82, 2.24) is 10.2 Å². The topological polar surface area (TPSA) is 86.8 Å². The lowest BCUT2D eigenvalue weighted by Crippen LogP contribution is -2.52. The van der Waals surface area contributed by atoms with Gasteiger partial charge >= 0.3 is 0 Å². The molecule has 0 bridgehead atoms. The van der Waals surface area contributed by atoms with Gasteiger partial charge in [0.25, 0.3) is 10.0 Å². The number of rotatable bonds is 11. The van der Waals surface area contributed by atoms with Crippen molar-refractivity contribution < 1.29 is 22.4 Å². The van der Waals surface area contributed by atoms with Gasteiger partial charge in [-0.3, -0.25) is 13.9 Å². The standard InChI is InChI=1S/C28H30Cl2FN3O4S/c1-4-19(2)32-28(36)20(3)33(17-21-10-12-22(31)13-11-21)27(35)18-34(23-14-15-25(29)26(30)16-23)39(37,38)24-8-6-5-7-9-24/h5-16,19-20H,4,17-18H2,1-3H3,(H,32,36)/t19-,20-/m0/s1. The Bertz CT molecular complexity index is 1410. The molecule has 0 radical (unpaired) electrons. The normalized spacial score (nSPS) is 12.9. The molecule has 1 N–H and O–H groups in total. The van der Waals surface area contributed by atoms with Gasteiger partial charge in [0.15, 0.2) is 0 Å². The third kappa shape index (κ3) is 7.71. The van der Waals surface area contributed by atoms with E-state index in [9.17, 15) is 22.4 Å². The Kier molecular flexibility index (Phi) is 10.4. The summed E-state index contributed by atoms with van der Waals surface area (Å²) in [7, 11) is -4.23. The SMILES string of the molecule is CC[C@H](C)NC(=O)[C@H](C)N(Cc1ccc(F)cc1)C(=O)CN(c1ccc(Cl)c(Cl)c1)S(=O)(=O)c1ccccc1. The Labute approximate surface area is 238 Å². The first-order valence-corrected chi connectivity index (χ1v) is 14.5. The average Bonchev–Trinajstić information content (AvgIpc) is 2.92. The summed E-state index contributed by atoms with van der Waals surface area (Å²) in [5.41, 5.74) is 0.694. The summed E-state index contributed by atoms with van der Waals surface area (Å²) in [5.74, 6) is -1.48. The maximum atomic E-state index is 13.8. The van der Waals surface area contributed by atoms with Gasteiger partial charge in [0.1, 0.15) is 18.4 Å². The van der Waals surface area contributed by atoms with Crippen molar-refractivity contribution in [2.24, 2.45) is 0 Å². The average molecular weight is 595 g/mol. The number of carbonyl (C=O) groups excluding carboxylic acids is 2. The van der Waals surface area contributed by atoms with Gasteiger partial charge in [0.05, 0.1) is 20.6 Å². The fourth-order valence-corrected chi connectivity index (χ4v) is 5.44. The van der Waals surface area contributed by atoms with Gasteiger partial charge in [0, 0.05) is 12.6 Å². The monoisotopic (exact) mass is 593 g/mol. The molecule has 11 heteroatoms.